The maximum Gasteiger partial charge on any atom is 0.452 e. The fourth-order valence-corrected chi connectivity index (χ4v) is 6.42. The maximum atomic E-state index is 14.3. The third-order valence-corrected chi connectivity index (χ3v) is 8.51. The first kappa shape index (κ1) is 33.7. The third-order valence-electron chi connectivity index (χ3n) is 8.27. The second kappa shape index (κ2) is 13.2. The van der Waals surface area contributed by atoms with Crippen LogP contribution < -0.4 is 4.74 Å². The predicted octanol–water partition coefficient (Wildman–Crippen LogP) is 7.03. The van der Waals surface area contributed by atoms with Crippen molar-refractivity contribution in [1.82, 2.24) is 19.7 Å². The number of hydrogen-bond acceptors (Lipinski definition) is 7. The van der Waals surface area contributed by atoms with Crippen LogP contribution in [0.15, 0.2) is 36.4 Å². The number of rotatable bonds is 7. The predicted molar refractivity (Wildman–Crippen MR) is 164 cm³/mol. The summed E-state index contributed by atoms with van der Waals surface area (Å²) in [6, 6.07) is 9.99. The van der Waals surface area contributed by atoms with Crippen molar-refractivity contribution in [2.24, 2.45) is 5.92 Å². The van der Waals surface area contributed by atoms with Gasteiger partial charge in [0.25, 0.3) is 0 Å². The maximum absolute atomic E-state index is 14.3. The highest BCUT2D eigenvalue weighted by molar-refractivity contribution is 6.30. The molecule has 2 aromatic carbocycles. The van der Waals surface area contributed by atoms with E-state index in [1.807, 2.05) is 39.8 Å². The quantitative estimate of drug-likeness (QED) is 0.251. The lowest BCUT2D eigenvalue weighted by Crippen LogP contribution is -2.40. The SMILES string of the molecule is CCc1c(OC)cccc1[C@H]1O[C@H](CC(=O)N2CCC(CC(=O)OC(C)(C)C)CC2)c2nnc(C(F)(F)F)n2-c2ccc(Cl)cc21. The summed E-state index contributed by atoms with van der Waals surface area (Å²) in [5.41, 5.74) is 1.44. The van der Waals surface area contributed by atoms with Gasteiger partial charge in [-0.05, 0) is 81.3 Å². The highest BCUT2D eigenvalue weighted by Gasteiger charge is 2.44. The number of amides is 1. The molecular weight excluding hydrogens is 625 g/mol. The number of piperidine rings is 1. The van der Waals surface area contributed by atoms with E-state index in [0.29, 0.717) is 54.3 Å². The van der Waals surface area contributed by atoms with E-state index >= 15 is 0 Å². The van der Waals surface area contributed by atoms with Gasteiger partial charge in [-0.15, -0.1) is 10.2 Å². The molecule has 3 aromatic rings. The van der Waals surface area contributed by atoms with Crippen LogP contribution in [-0.2, 0) is 31.7 Å². The van der Waals surface area contributed by atoms with Gasteiger partial charge in [0.2, 0.25) is 11.7 Å². The summed E-state index contributed by atoms with van der Waals surface area (Å²) in [7, 11) is 1.55. The van der Waals surface area contributed by atoms with Crippen LogP contribution in [0.4, 0.5) is 13.2 Å². The Balaban J connectivity index is 1.48. The van der Waals surface area contributed by atoms with E-state index in [0.717, 1.165) is 10.1 Å². The third kappa shape index (κ3) is 7.17. The lowest BCUT2D eigenvalue weighted by molar-refractivity contribution is -0.156. The molecule has 1 fully saturated rings. The number of methoxy groups -OCH3 is 1. The Morgan fingerprint density at radius 3 is 2.39 bits per heavy atom. The lowest BCUT2D eigenvalue weighted by Gasteiger charge is -2.33. The van der Waals surface area contributed by atoms with Gasteiger partial charge in [-0.1, -0.05) is 30.7 Å². The molecule has 1 saturated heterocycles. The Kier molecular flexibility index (Phi) is 9.70. The van der Waals surface area contributed by atoms with E-state index in [1.165, 1.54) is 12.1 Å². The van der Waals surface area contributed by atoms with Crippen LogP contribution in [0.2, 0.25) is 5.02 Å². The number of likely N-dealkylation sites (tertiary alicyclic amines) is 1. The van der Waals surface area contributed by atoms with Gasteiger partial charge in [0.05, 0.1) is 19.2 Å². The van der Waals surface area contributed by atoms with Crippen LogP contribution in [0.3, 0.4) is 0 Å². The molecule has 0 radical (unpaired) electrons. The van der Waals surface area contributed by atoms with Crippen LogP contribution >= 0.6 is 11.6 Å². The molecule has 1 aromatic heterocycles. The van der Waals surface area contributed by atoms with Gasteiger partial charge < -0.3 is 19.1 Å². The zero-order valence-electron chi connectivity index (χ0n) is 26.5. The highest BCUT2D eigenvalue weighted by atomic mass is 35.5. The molecule has 1 amide bonds. The van der Waals surface area contributed by atoms with Crippen molar-refractivity contribution >= 4 is 23.5 Å². The molecule has 0 spiro atoms. The average Bonchev–Trinajstić information content (AvgIpc) is 3.39. The minimum atomic E-state index is -4.84. The molecule has 46 heavy (non-hydrogen) atoms. The van der Waals surface area contributed by atoms with E-state index in [9.17, 15) is 22.8 Å². The summed E-state index contributed by atoms with van der Waals surface area (Å²) in [4.78, 5) is 27.7. The van der Waals surface area contributed by atoms with Gasteiger partial charge in [-0.3, -0.25) is 14.2 Å². The van der Waals surface area contributed by atoms with Crippen LogP contribution in [-0.4, -0.2) is 57.3 Å². The first-order valence-electron chi connectivity index (χ1n) is 15.3. The van der Waals surface area contributed by atoms with Crippen molar-refractivity contribution in [3.8, 4) is 11.4 Å². The minimum Gasteiger partial charge on any atom is -0.496 e. The first-order valence-corrected chi connectivity index (χ1v) is 15.7. The van der Waals surface area contributed by atoms with Crippen molar-refractivity contribution in [3.05, 3.63) is 69.8 Å². The lowest BCUT2D eigenvalue weighted by atomic mass is 9.93. The molecule has 2 atom stereocenters. The summed E-state index contributed by atoms with van der Waals surface area (Å²) in [6.45, 7) is 8.18. The number of benzene rings is 2. The molecular formula is C33H38ClF3N4O5. The first-order chi connectivity index (χ1) is 21.7. The van der Waals surface area contributed by atoms with Gasteiger partial charge in [0.1, 0.15) is 23.6 Å². The Morgan fingerprint density at radius 1 is 1.04 bits per heavy atom. The van der Waals surface area contributed by atoms with Crippen molar-refractivity contribution in [2.75, 3.05) is 20.2 Å². The van der Waals surface area contributed by atoms with E-state index in [1.54, 1.807) is 24.1 Å². The number of carbonyl (C=O) groups is 2. The van der Waals surface area contributed by atoms with E-state index in [4.69, 9.17) is 25.8 Å². The molecule has 0 saturated carbocycles. The minimum absolute atomic E-state index is 0.0645. The fraction of sp³-hybridized carbons (Fsp3) is 0.515. The molecule has 0 bridgehead atoms. The van der Waals surface area contributed by atoms with Crippen LogP contribution in [0.5, 0.6) is 5.75 Å². The van der Waals surface area contributed by atoms with Crippen molar-refractivity contribution in [1.29, 1.82) is 0 Å². The van der Waals surface area contributed by atoms with Crippen LogP contribution in [0, 0.1) is 5.92 Å². The standard InChI is InChI=1S/C33H38ClF3N4O5/c1-6-21-22(8-7-9-25(21)44-5)29-23-17-20(34)10-11-24(23)41-30(38-39-31(41)33(35,36)37)26(45-29)18-27(42)40-14-12-19(13-15-40)16-28(43)46-32(2,3)4/h7-11,17,19,26,29H,6,12-16,18H2,1-5H3/t26-,29-/m1/s1. The zero-order chi connectivity index (χ0) is 33.4. The normalized spacial score (nSPS) is 18.8. The molecule has 2 aliphatic heterocycles. The number of fused-ring (bicyclic) bond motifs is 3. The van der Waals surface area contributed by atoms with Gasteiger partial charge in [-0.25, -0.2) is 0 Å². The van der Waals surface area contributed by atoms with Crippen molar-refractivity contribution in [2.45, 2.75) is 83.8 Å². The number of aromatic nitrogens is 3. The molecule has 248 valence electrons. The summed E-state index contributed by atoms with van der Waals surface area (Å²) in [6.07, 6.45) is -5.18. The Bertz CT molecular complexity index is 1590. The second-order valence-corrected chi connectivity index (χ2v) is 13.1. The molecule has 3 heterocycles. The molecule has 13 heteroatoms. The second-order valence-electron chi connectivity index (χ2n) is 12.6. The average molecular weight is 663 g/mol. The number of nitrogens with zero attached hydrogens (tertiary/aromatic N) is 4. The molecule has 9 nitrogen and oxygen atoms in total. The number of ether oxygens (including phenoxy) is 3. The molecule has 5 rings (SSSR count). The Hall–Kier alpha value is -3.64. The van der Waals surface area contributed by atoms with Gasteiger partial charge in [0.15, 0.2) is 5.82 Å². The van der Waals surface area contributed by atoms with E-state index in [2.05, 4.69) is 10.2 Å². The molecule has 0 unspecified atom stereocenters. The van der Waals surface area contributed by atoms with Crippen molar-refractivity contribution in [3.63, 3.8) is 0 Å². The largest absolute Gasteiger partial charge is 0.496 e. The molecule has 0 aliphatic carbocycles. The smallest absolute Gasteiger partial charge is 0.452 e. The van der Waals surface area contributed by atoms with E-state index < -0.39 is 29.8 Å². The van der Waals surface area contributed by atoms with Crippen LogP contribution in [0.25, 0.3) is 5.69 Å². The van der Waals surface area contributed by atoms with Crippen molar-refractivity contribution < 1.29 is 37.0 Å². The summed E-state index contributed by atoms with van der Waals surface area (Å²) in [5.74, 6) is -1.26. The Labute approximate surface area is 271 Å². The van der Waals surface area contributed by atoms with Gasteiger partial charge in [0, 0.05) is 30.1 Å². The molecule has 0 N–H and O–H groups in total. The van der Waals surface area contributed by atoms with Crippen LogP contribution in [0.1, 0.15) is 93.9 Å². The van der Waals surface area contributed by atoms with Gasteiger partial charge >= 0.3 is 12.1 Å². The summed E-state index contributed by atoms with van der Waals surface area (Å²) >= 11 is 6.41. The number of carbonyl (C=O) groups excluding carboxylic acids is 2. The summed E-state index contributed by atoms with van der Waals surface area (Å²) in [5, 5.41) is 7.77. The zero-order valence-corrected chi connectivity index (χ0v) is 27.2. The molecule has 2 aliphatic rings. The highest BCUT2D eigenvalue weighted by Crippen LogP contribution is 2.45. The van der Waals surface area contributed by atoms with E-state index in [-0.39, 0.29) is 42.1 Å². The fourth-order valence-electron chi connectivity index (χ4n) is 6.23. The Morgan fingerprint density at radius 2 is 1.76 bits per heavy atom. The monoisotopic (exact) mass is 662 g/mol. The number of esters is 1. The number of halogens is 4. The topological polar surface area (TPSA) is 95.8 Å². The summed E-state index contributed by atoms with van der Waals surface area (Å²) < 4.78 is 61.6. The number of hydrogen-bond donors (Lipinski definition) is 0. The van der Waals surface area contributed by atoms with Gasteiger partial charge in [-0.2, -0.15) is 13.2 Å². The number of alkyl halides is 3.